The molecule has 5 heteroatoms. The van der Waals surface area contributed by atoms with Crippen LogP contribution in [0.15, 0.2) is 4.42 Å². The molecule has 0 spiro atoms. The summed E-state index contributed by atoms with van der Waals surface area (Å²) in [6, 6.07) is -0.213. The van der Waals surface area contributed by atoms with Gasteiger partial charge in [-0.15, -0.1) is 10.2 Å². The van der Waals surface area contributed by atoms with Gasteiger partial charge in [0.05, 0.1) is 12.1 Å². The molecule has 0 radical (unpaired) electrons. The van der Waals surface area contributed by atoms with Gasteiger partial charge >= 0.3 is 0 Å². The number of nitrogens with zero attached hydrogens (tertiary/aromatic N) is 2. The van der Waals surface area contributed by atoms with E-state index in [-0.39, 0.29) is 18.2 Å². The zero-order valence-electron chi connectivity index (χ0n) is 8.43. The van der Waals surface area contributed by atoms with E-state index in [1.807, 2.05) is 13.8 Å². The van der Waals surface area contributed by atoms with Crippen molar-refractivity contribution >= 4 is 0 Å². The molecule has 0 aromatic carbocycles. The lowest BCUT2D eigenvalue weighted by atomic mass is 10.2. The summed E-state index contributed by atoms with van der Waals surface area (Å²) in [7, 11) is 0. The molecular weight excluding hydrogens is 182 g/mol. The third kappa shape index (κ3) is 1.78. The molecule has 14 heavy (non-hydrogen) atoms. The summed E-state index contributed by atoms with van der Waals surface area (Å²) >= 11 is 0. The molecular formula is C9H15N3O2. The molecule has 0 saturated carbocycles. The van der Waals surface area contributed by atoms with Gasteiger partial charge in [0.2, 0.25) is 11.8 Å². The summed E-state index contributed by atoms with van der Waals surface area (Å²) in [4.78, 5) is 0. The van der Waals surface area contributed by atoms with Crippen LogP contribution in [0.2, 0.25) is 0 Å². The Balaban J connectivity index is 2.09. The lowest BCUT2D eigenvalue weighted by Gasteiger charge is -2.05. The monoisotopic (exact) mass is 197 g/mol. The van der Waals surface area contributed by atoms with Gasteiger partial charge in [-0.1, -0.05) is 0 Å². The van der Waals surface area contributed by atoms with Crippen LogP contribution in [0.25, 0.3) is 0 Å². The van der Waals surface area contributed by atoms with Crippen molar-refractivity contribution < 1.29 is 9.15 Å². The molecule has 5 nitrogen and oxygen atoms in total. The highest BCUT2D eigenvalue weighted by atomic mass is 16.5. The van der Waals surface area contributed by atoms with E-state index >= 15 is 0 Å². The first-order chi connectivity index (χ1) is 6.66. The van der Waals surface area contributed by atoms with E-state index in [0.29, 0.717) is 11.8 Å². The van der Waals surface area contributed by atoms with Gasteiger partial charge in [-0.2, -0.15) is 0 Å². The number of nitrogens with two attached hydrogens (primary N) is 1. The second kappa shape index (κ2) is 3.67. The molecule has 78 valence electrons. The topological polar surface area (TPSA) is 74.2 Å². The second-order valence-corrected chi connectivity index (χ2v) is 3.78. The van der Waals surface area contributed by atoms with Crippen molar-refractivity contribution in [1.82, 2.24) is 10.2 Å². The van der Waals surface area contributed by atoms with Gasteiger partial charge in [-0.3, -0.25) is 0 Å². The van der Waals surface area contributed by atoms with Crippen LogP contribution in [0.3, 0.4) is 0 Å². The maximum atomic E-state index is 5.62. The average molecular weight is 197 g/mol. The Labute approximate surface area is 82.6 Å². The first-order valence-corrected chi connectivity index (χ1v) is 4.91. The zero-order valence-corrected chi connectivity index (χ0v) is 8.43. The van der Waals surface area contributed by atoms with Crippen molar-refractivity contribution in [3.05, 3.63) is 11.8 Å². The Morgan fingerprint density at radius 2 is 2.21 bits per heavy atom. The second-order valence-electron chi connectivity index (χ2n) is 3.78. The molecule has 3 unspecified atom stereocenters. The zero-order chi connectivity index (χ0) is 10.1. The minimum Gasteiger partial charge on any atom is -0.421 e. The fraction of sp³-hybridized carbons (Fsp3) is 0.778. The van der Waals surface area contributed by atoms with Gasteiger partial charge < -0.3 is 14.9 Å². The molecule has 0 amide bonds. The molecule has 2 heterocycles. The van der Waals surface area contributed by atoms with E-state index in [2.05, 4.69) is 10.2 Å². The van der Waals surface area contributed by atoms with Crippen molar-refractivity contribution in [2.45, 2.75) is 44.9 Å². The highest BCUT2D eigenvalue weighted by molar-refractivity contribution is 4.92. The Hall–Kier alpha value is -0.940. The molecule has 0 aliphatic carbocycles. The number of hydrogen-bond donors (Lipinski definition) is 1. The largest absolute Gasteiger partial charge is 0.421 e. The molecule has 3 atom stereocenters. The Bertz CT molecular complexity index is 311. The minimum absolute atomic E-state index is 0.0370. The van der Waals surface area contributed by atoms with Crippen molar-refractivity contribution in [3.8, 4) is 0 Å². The van der Waals surface area contributed by atoms with E-state index in [9.17, 15) is 0 Å². The van der Waals surface area contributed by atoms with Crippen LogP contribution < -0.4 is 5.73 Å². The van der Waals surface area contributed by atoms with Crippen LogP contribution in [0.5, 0.6) is 0 Å². The van der Waals surface area contributed by atoms with E-state index in [1.165, 1.54) is 0 Å². The minimum atomic E-state index is -0.213. The fourth-order valence-corrected chi connectivity index (χ4v) is 1.54. The molecule has 2 rings (SSSR count). The van der Waals surface area contributed by atoms with Crippen LogP contribution in [-0.4, -0.2) is 16.3 Å². The number of hydrogen-bond acceptors (Lipinski definition) is 5. The Morgan fingerprint density at radius 1 is 1.43 bits per heavy atom. The van der Waals surface area contributed by atoms with Crippen LogP contribution in [0, 0.1) is 0 Å². The quantitative estimate of drug-likeness (QED) is 0.774. The Morgan fingerprint density at radius 3 is 2.71 bits per heavy atom. The van der Waals surface area contributed by atoms with Gasteiger partial charge in [-0.25, -0.2) is 0 Å². The highest BCUT2D eigenvalue weighted by Crippen LogP contribution is 2.31. The van der Waals surface area contributed by atoms with Gasteiger partial charge in [0, 0.05) is 0 Å². The summed E-state index contributed by atoms with van der Waals surface area (Å²) in [5.41, 5.74) is 5.62. The number of ether oxygens (including phenoxy) is 1. The lowest BCUT2D eigenvalue weighted by Crippen LogP contribution is -2.04. The van der Waals surface area contributed by atoms with Gasteiger partial charge in [0.15, 0.2) is 0 Å². The van der Waals surface area contributed by atoms with Gasteiger partial charge in [0.25, 0.3) is 0 Å². The molecule has 1 aliphatic heterocycles. The fourth-order valence-electron chi connectivity index (χ4n) is 1.54. The number of aromatic nitrogens is 2. The maximum absolute atomic E-state index is 5.62. The molecule has 2 N–H and O–H groups in total. The van der Waals surface area contributed by atoms with Gasteiger partial charge in [-0.05, 0) is 26.7 Å². The number of rotatable bonds is 2. The van der Waals surface area contributed by atoms with Crippen LogP contribution in [0.4, 0.5) is 0 Å². The summed E-state index contributed by atoms with van der Waals surface area (Å²) in [5.74, 6) is 1.03. The smallest absolute Gasteiger partial charge is 0.245 e. The van der Waals surface area contributed by atoms with E-state index in [0.717, 1.165) is 12.8 Å². The molecule has 1 aliphatic rings. The highest BCUT2D eigenvalue weighted by Gasteiger charge is 2.28. The summed E-state index contributed by atoms with van der Waals surface area (Å²) in [6.45, 7) is 3.86. The molecule has 1 aromatic rings. The van der Waals surface area contributed by atoms with Gasteiger partial charge in [0.1, 0.15) is 6.10 Å². The van der Waals surface area contributed by atoms with Crippen LogP contribution in [0.1, 0.15) is 50.6 Å². The average Bonchev–Trinajstić information content (AvgIpc) is 2.70. The first kappa shape index (κ1) is 9.61. The summed E-state index contributed by atoms with van der Waals surface area (Å²) in [5, 5.41) is 7.80. The van der Waals surface area contributed by atoms with Crippen molar-refractivity contribution in [2.24, 2.45) is 5.73 Å². The van der Waals surface area contributed by atoms with Crippen molar-refractivity contribution in [2.75, 3.05) is 0 Å². The van der Waals surface area contributed by atoms with E-state index in [4.69, 9.17) is 14.9 Å². The van der Waals surface area contributed by atoms with Crippen molar-refractivity contribution in [3.63, 3.8) is 0 Å². The predicted molar refractivity (Wildman–Crippen MR) is 49.4 cm³/mol. The van der Waals surface area contributed by atoms with E-state index in [1.54, 1.807) is 0 Å². The molecule has 0 bridgehead atoms. The van der Waals surface area contributed by atoms with Crippen molar-refractivity contribution in [1.29, 1.82) is 0 Å². The standard InChI is InChI=1S/C9H15N3O2/c1-5-3-4-7(13-5)9-12-11-8(14-9)6(2)10/h5-7H,3-4,10H2,1-2H3. The summed E-state index contributed by atoms with van der Waals surface area (Å²) < 4.78 is 11.0. The van der Waals surface area contributed by atoms with E-state index < -0.39 is 0 Å². The Kier molecular flexibility index (Phi) is 2.52. The molecule has 1 fully saturated rings. The third-order valence-electron chi connectivity index (χ3n) is 2.35. The normalized spacial score (nSPS) is 29.4. The van der Waals surface area contributed by atoms with Crippen LogP contribution >= 0.6 is 0 Å². The molecule has 1 saturated heterocycles. The first-order valence-electron chi connectivity index (χ1n) is 4.91. The SMILES string of the molecule is CC1CCC(c2nnc(C(C)N)o2)O1. The third-order valence-corrected chi connectivity index (χ3v) is 2.35. The predicted octanol–water partition coefficient (Wildman–Crippen LogP) is 1.33. The lowest BCUT2D eigenvalue weighted by molar-refractivity contribution is 0.0382. The van der Waals surface area contributed by atoms with Crippen LogP contribution in [-0.2, 0) is 4.74 Å². The summed E-state index contributed by atoms with van der Waals surface area (Å²) in [6.07, 6.45) is 2.23. The molecule has 1 aromatic heterocycles. The maximum Gasteiger partial charge on any atom is 0.245 e.